The van der Waals surface area contributed by atoms with E-state index in [-0.39, 0.29) is 5.41 Å². The molecule has 14 heavy (non-hydrogen) atoms. The second kappa shape index (κ2) is 3.50. The van der Waals surface area contributed by atoms with Crippen LogP contribution in [0.3, 0.4) is 0 Å². The molecule has 1 aliphatic heterocycles. The molecule has 72 valence electrons. The molecule has 0 N–H and O–H groups in total. The Morgan fingerprint density at radius 2 is 2.21 bits per heavy atom. The molecule has 0 amide bonds. The first kappa shape index (κ1) is 9.34. The van der Waals surface area contributed by atoms with E-state index in [0.29, 0.717) is 0 Å². The van der Waals surface area contributed by atoms with Crippen molar-refractivity contribution in [1.29, 1.82) is 0 Å². The van der Waals surface area contributed by atoms with Gasteiger partial charge in [-0.05, 0) is 26.0 Å². The summed E-state index contributed by atoms with van der Waals surface area (Å²) in [7, 11) is 0. The Kier molecular flexibility index (Phi) is 2.33. The number of aryl methyl sites for hydroxylation is 1. The molecule has 0 saturated heterocycles. The topological polar surface area (TPSA) is 25.2 Å². The third-order valence-corrected chi connectivity index (χ3v) is 3.37. The van der Waals surface area contributed by atoms with Crippen LogP contribution in [-0.4, -0.2) is 11.2 Å². The number of aliphatic imine (C=N–C) groups is 1. The van der Waals surface area contributed by atoms with Crippen molar-refractivity contribution in [2.75, 3.05) is 0 Å². The third-order valence-electron chi connectivity index (χ3n) is 2.20. The highest BCUT2D eigenvalue weighted by Gasteiger charge is 2.23. The fraction of sp³-hybridized carbons (Fsp3) is 0.273. The van der Waals surface area contributed by atoms with E-state index in [1.165, 1.54) is 4.88 Å². The number of aromatic nitrogens is 1. The first-order valence-electron chi connectivity index (χ1n) is 4.52. The van der Waals surface area contributed by atoms with Crippen LogP contribution in [0, 0.1) is 6.92 Å². The smallest absolute Gasteiger partial charge is 0.106 e. The molecule has 2 heterocycles. The van der Waals surface area contributed by atoms with Crippen LogP contribution in [0.25, 0.3) is 0 Å². The van der Waals surface area contributed by atoms with Gasteiger partial charge in [-0.15, -0.1) is 11.3 Å². The average Bonchev–Trinajstić information content (AvgIpc) is 2.47. The van der Waals surface area contributed by atoms with Crippen LogP contribution in [0.15, 0.2) is 35.6 Å². The molecular weight excluding hydrogens is 192 g/mol. The first-order valence-corrected chi connectivity index (χ1v) is 5.34. The molecule has 0 fully saturated rings. The molecule has 2 nitrogen and oxygen atoms in total. The molecule has 1 aromatic rings. The van der Waals surface area contributed by atoms with E-state index >= 15 is 0 Å². The van der Waals surface area contributed by atoms with Gasteiger partial charge in [0.25, 0.3) is 0 Å². The van der Waals surface area contributed by atoms with Crippen LogP contribution < -0.4 is 0 Å². The fourth-order valence-electron chi connectivity index (χ4n) is 1.34. The molecule has 0 saturated carbocycles. The molecule has 0 spiro atoms. The number of hydrogen-bond acceptors (Lipinski definition) is 3. The van der Waals surface area contributed by atoms with Gasteiger partial charge in [0.15, 0.2) is 0 Å². The molecule has 0 aliphatic carbocycles. The van der Waals surface area contributed by atoms with Gasteiger partial charge in [-0.2, -0.15) is 0 Å². The van der Waals surface area contributed by atoms with Crippen molar-refractivity contribution >= 4 is 17.6 Å². The molecule has 0 bridgehead atoms. The van der Waals surface area contributed by atoms with Crippen LogP contribution in [0.2, 0.25) is 0 Å². The lowest BCUT2D eigenvalue weighted by Gasteiger charge is -2.17. The Labute approximate surface area is 87.7 Å². The minimum absolute atomic E-state index is 0.102. The Bertz CT molecular complexity index is 397. The Morgan fingerprint density at radius 3 is 2.93 bits per heavy atom. The van der Waals surface area contributed by atoms with Gasteiger partial charge in [-0.1, -0.05) is 6.08 Å². The molecular formula is C11H12N2S. The first-order chi connectivity index (χ1) is 6.71. The Balaban J connectivity index is 2.41. The highest BCUT2D eigenvalue weighted by Crippen LogP contribution is 2.31. The van der Waals surface area contributed by atoms with Gasteiger partial charge in [0.05, 0.1) is 5.41 Å². The zero-order valence-corrected chi connectivity index (χ0v) is 9.08. The van der Waals surface area contributed by atoms with E-state index in [1.54, 1.807) is 17.6 Å². The normalized spacial score (nSPS) is 25.3. The summed E-state index contributed by atoms with van der Waals surface area (Å²) in [4.78, 5) is 9.74. The zero-order valence-electron chi connectivity index (χ0n) is 8.27. The maximum absolute atomic E-state index is 4.41. The van der Waals surface area contributed by atoms with E-state index in [2.05, 4.69) is 36.0 Å². The van der Waals surface area contributed by atoms with Gasteiger partial charge in [0.2, 0.25) is 0 Å². The highest BCUT2D eigenvalue weighted by atomic mass is 32.1. The summed E-state index contributed by atoms with van der Waals surface area (Å²) in [6.07, 6.45) is 11.7. The molecule has 0 aromatic carbocycles. The van der Waals surface area contributed by atoms with Crippen molar-refractivity contribution in [3.63, 3.8) is 0 Å². The highest BCUT2D eigenvalue weighted by molar-refractivity contribution is 7.11. The quantitative estimate of drug-likeness (QED) is 0.690. The van der Waals surface area contributed by atoms with Crippen LogP contribution in [-0.2, 0) is 5.41 Å². The number of thiazole rings is 1. The summed E-state index contributed by atoms with van der Waals surface area (Å²) in [5, 5.41) is 1.12. The van der Waals surface area contributed by atoms with E-state index < -0.39 is 0 Å². The largest absolute Gasteiger partial charge is 0.265 e. The van der Waals surface area contributed by atoms with Gasteiger partial charge < -0.3 is 0 Å². The molecule has 3 heteroatoms. The lowest BCUT2D eigenvalue weighted by Crippen LogP contribution is -2.14. The fourth-order valence-corrected chi connectivity index (χ4v) is 2.21. The SMILES string of the molecule is Cc1cnc(C2(C)C=CC=NC=C2)s1. The van der Waals surface area contributed by atoms with E-state index in [9.17, 15) is 0 Å². The Morgan fingerprint density at radius 1 is 1.36 bits per heavy atom. The number of nitrogens with zero attached hydrogens (tertiary/aromatic N) is 2. The number of rotatable bonds is 1. The summed E-state index contributed by atoms with van der Waals surface area (Å²) in [6, 6.07) is 0. The second-order valence-electron chi connectivity index (χ2n) is 3.53. The summed E-state index contributed by atoms with van der Waals surface area (Å²) in [6.45, 7) is 4.22. The molecule has 1 unspecified atom stereocenters. The summed E-state index contributed by atoms with van der Waals surface area (Å²) >= 11 is 1.73. The molecule has 0 radical (unpaired) electrons. The molecule has 1 aliphatic rings. The zero-order chi connectivity index (χ0) is 10.0. The van der Waals surface area contributed by atoms with Crippen LogP contribution in [0.5, 0.6) is 0 Å². The van der Waals surface area contributed by atoms with Gasteiger partial charge in [0, 0.05) is 23.5 Å². The minimum atomic E-state index is -0.102. The van der Waals surface area contributed by atoms with Crippen molar-refractivity contribution in [3.05, 3.63) is 40.5 Å². The van der Waals surface area contributed by atoms with Crippen molar-refractivity contribution in [2.45, 2.75) is 19.3 Å². The molecule has 1 aromatic heterocycles. The van der Waals surface area contributed by atoms with Crippen molar-refractivity contribution in [3.8, 4) is 0 Å². The Hall–Kier alpha value is -1.22. The van der Waals surface area contributed by atoms with Crippen molar-refractivity contribution in [2.24, 2.45) is 4.99 Å². The summed E-state index contributed by atoms with van der Waals surface area (Å²) in [5.41, 5.74) is -0.102. The second-order valence-corrected chi connectivity index (χ2v) is 4.77. The van der Waals surface area contributed by atoms with Crippen LogP contribution in [0.4, 0.5) is 0 Å². The summed E-state index contributed by atoms with van der Waals surface area (Å²) < 4.78 is 0. The maximum Gasteiger partial charge on any atom is 0.106 e. The lowest BCUT2D eigenvalue weighted by atomic mass is 9.91. The van der Waals surface area contributed by atoms with Gasteiger partial charge >= 0.3 is 0 Å². The van der Waals surface area contributed by atoms with Gasteiger partial charge in [0.1, 0.15) is 5.01 Å². The predicted molar refractivity (Wildman–Crippen MR) is 61.0 cm³/mol. The minimum Gasteiger partial charge on any atom is -0.265 e. The third kappa shape index (κ3) is 1.68. The lowest BCUT2D eigenvalue weighted by molar-refractivity contribution is 0.748. The van der Waals surface area contributed by atoms with Crippen molar-refractivity contribution < 1.29 is 0 Å². The van der Waals surface area contributed by atoms with Crippen LogP contribution >= 0.6 is 11.3 Å². The van der Waals surface area contributed by atoms with E-state index in [4.69, 9.17) is 0 Å². The molecule has 1 atom stereocenters. The average molecular weight is 204 g/mol. The predicted octanol–water partition coefficient (Wildman–Crippen LogP) is 2.86. The monoisotopic (exact) mass is 204 g/mol. The van der Waals surface area contributed by atoms with E-state index in [0.717, 1.165) is 5.01 Å². The van der Waals surface area contributed by atoms with E-state index in [1.807, 2.05) is 18.5 Å². The maximum atomic E-state index is 4.41. The van der Waals surface area contributed by atoms with Crippen LogP contribution in [0.1, 0.15) is 16.8 Å². The number of hydrogen-bond donors (Lipinski definition) is 0. The standard InChI is InChI=1S/C11H12N2S/c1-9-8-13-10(14-9)11(2)4-3-6-12-7-5-11/h3-8H,1-2H3. The van der Waals surface area contributed by atoms with Crippen molar-refractivity contribution in [1.82, 2.24) is 4.98 Å². The molecule has 2 rings (SSSR count). The van der Waals surface area contributed by atoms with Gasteiger partial charge in [-0.3, -0.25) is 4.99 Å². The number of allylic oxidation sites excluding steroid dienone is 3. The van der Waals surface area contributed by atoms with Gasteiger partial charge in [-0.25, -0.2) is 4.98 Å². The summed E-state index contributed by atoms with van der Waals surface area (Å²) in [5.74, 6) is 0.